The van der Waals surface area contributed by atoms with Gasteiger partial charge in [-0.15, -0.1) is 0 Å². The van der Waals surface area contributed by atoms with E-state index >= 15 is 0 Å². The van der Waals surface area contributed by atoms with Gasteiger partial charge in [-0.1, -0.05) is 36.4 Å². The maximum atomic E-state index is 13.7. The van der Waals surface area contributed by atoms with Crippen molar-refractivity contribution >= 4 is 17.6 Å². The van der Waals surface area contributed by atoms with Crippen LogP contribution in [0.3, 0.4) is 0 Å². The summed E-state index contributed by atoms with van der Waals surface area (Å²) in [6, 6.07) is 18.7. The maximum absolute atomic E-state index is 13.7. The van der Waals surface area contributed by atoms with Gasteiger partial charge in [0, 0.05) is 11.7 Å². The van der Waals surface area contributed by atoms with E-state index < -0.39 is 29.8 Å². The number of hydrogen-bond acceptors (Lipinski definition) is 4. The Balaban J connectivity index is 1.48. The van der Waals surface area contributed by atoms with Crippen molar-refractivity contribution in [2.24, 2.45) is 0 Å². The zero-order valence-corrected chi connectivity index (χ0v) is 20.3. The molecule has 0 radical (unpaired) electrons. The summed E-state index contributed by atoms with van der Waals surface area (Å²) in [4.78, 5) is 27.6. The van der Waals surface area contributed by atoms with Gasteiger partial charge in [0.05, 0.1) is 29.8 Å². The van der Waals surface area contributed by atoms with E-state index in [9.17, 15) is 22.8 Å². The van der Waals surface area contributed by atoms with Gasteiger partial charge in [-0.05, 0) is 79.3 Å². The Morgan fingerprint density at radius 1 is 1.03 bits per heavy atom. The van der Waals surface area contributed by atoms with Gasteiger partial charge in [0.2, 0.25) is 5.91 Å². The molecule has 2 aliphatic rings. The Kier molecular flexibility index (Phi) is 6.77. The molecule has 0 saturated carbocycles. The van der Waals surface area contributed by atoms with Crippen LogP contribution in [-0.4, -0.2) is 24.5 Å². The molecule has 3 aromatic rings. The molecule has 1 heterocycles. The van der Waals surface area contributed by atoms with Crippen LogP contribution in [0.4, 0.5) is 18.9 Å². The van der Waals surface area contributed by atoms with Gasteiger partial charge in [0.15, 0.2) is 0 Å². The van der Waals surface area contributed by atoms with Gasteiger partial charge in [0.1, 0.15) is 0 Å². The summed E-state index contributed by atoms with van der Waals surface area (Å²) < 4.78 is 44.7. The number of esters is 1. The number of amides is 1. The Morgan fingerprint density at radius 2 is 1.78 bits per heavy atom. The fourth-order valence-electron chi connectivity index (χ4n) is 5.35. The number of alkyl halides is 3. The summed E-state index contributed by atoms with van der Waals surface area (Å²) in [5, 5.41) is 3.51. The molecule has 1 saturated heterocycles. The summed E-state index contributed by atoms with van der Waals surface area (Å²) in [6.45, 7) is 1.96. The van der Waals surface area contributed by atoms with Gasteiger partial charge in [0.25, 0.3) is 0 Å². The first-order valence-electron chi connectivity index (χ1n) is 12.4. The van der Waals surface area contributed by atoms with Crippen LogP contribution < -0.4 is 10.2 Å². The lowest BCUT2D eigenvalue weighted by molar-refractivity contribution is -0.137. The van der Waals surface area contributed by atoms with Crippen molar-refractivity contribution in [1.29, 1.82) is 0 Å². The van der Waals surface area contributed by atoms with Crippen molar-refractivity contribution in [3.05, 3.63) is 101 Å². The molecule has 5 rings (SSSR count). The fraction of sp³-hybridized carbons (Fsp3) is 0.310. The highest BCUT2D eigenvalue weighted by atomic mass is 19.4. The van der Waals surface area contributed by atoms with Crippen LogP contribution in [0.15, 0.2) is 72.8 Å². The van der Waals surface area contributed by atoms with E-state index in [1.165, 1.54) is 23.3 Å². The number of halogens is 3. The first kappa shape index (κ1) is 25.0. The van der Waals surface area contributed by atoms with E-state index in [0.717, 1.165) is 30.5 Å². The lowest BCUT2D eigenvalue weighted by Crippen LogP contribution is -2.40. The van der Waals surface area contributed by atoms with Gasteiger partial charge in [-0.3, -0.25) is 10.1 Å². The van der Waals surface area contributed by atoms with Crippen LogP contribution in [-0.2, 0) is 22.1 Å². The van der Waals surface area contributed by atoms with Crippen LogP contribution >= 0.6 is 0 Å². The molecule has 3 atom stereocenters. The molecule has 37 heavy (non-hydrogen) atoms. The normalized spacial score (nSPS) is 21.2. The van der Waals surface area contributed by atoms with Crippen LogP contribution in [0.5, 0.6) is 0 Å². The number of anilines is 1. The number of nitrogens with one attached hydrogen (secondary N) is 1. The number of nitrogens with zero attached hydrogens (tertiary/aromatic N) is 1. The van der Waals surface area contributed by atoms with Crippen LogP contribution in [0, 0.1) is 0 Å². The molecule has 1 amide bonds. The smallest absolute Gasteiger partial charge is 0.416 e. The van der Waals surface area contributed by atoms with Crippen molar-refractivity contribution in [2.75, 3.05) is 11.5 Å². The second-order valence-electron chi connectivity index (χ2n) is 9.36. The number of carbonyl (C=O) groups is 2. The minimum atomic E-state index is -4.47. The van der Waals surface area contributed by atoms with Crippen molar-refractivity contribution < 1.29 is 27.5 Å². The van der Waals surface area contributed by atoms with E-state index in [0.29, 0.717) is 17.7 Å². The number of ether oxygens (including phenoxy) is 1. The standard InChI is InChI=1S/C29H27F3N2O3/c1-2-37-28(36)20-8-5-7-19(16-20)26-17-25(33-24-15-10-18-6-3-4-9-23(18)24)27(35)34(26)22-13-11-21(12-14-22)29(30,31)32/h3-9,11-14,16,24-26,33H,2,10,15,17H2,1H3/t24-,25+,26?/m1/s1. The molecular formula is C29H27F3N2O3. The second kappa shape index (κ2) is 10.0. The first-order chi connectivity index (χ1) is 17.8. The predicted molar refractivity (Wildman–Crippen MR) is 133 cm³/mol. The van der Waals surface area contributed by atoms with E-state index in [4.69, 9.17) is 4.74 Å². The quantitative estimate of drug-likeness (QED) is 0.415. The highest BCUT2D eigenvalue weighted by Crippen LogP contribution is 2.41. The number of carbonyl (C=O) groups excluding carboxylic acids is 2. The maximum Gasteiger partial charge on any atom is 0.416 e. The van der Waals surface area contributed by atoms with Crippen LogP contribution in [0.2, 0.25) is 0 Å². The van der Waals surface area contributed by atoms with E-state index in [-0.39, 0.29) is 18.6 Å². The number of hydrogen-bond donors (Lipinski definition) is 1. The molecule has 1 N–H and O–H groups in total. The number of benzene rings is 3. The molecule has 192 valence electrons. The van der Waals surface area contributed by atoms with Crippen LogP contribution in [0.1, 0.15) is 64.5 Å². The van der Waals surface area contributed by atoms with Gasteiger partial charge >= 0.3 is 12.1 Å². The molecule has 0 aromatic heterocycles. The topological polar surface area (TPSA) is 58.6 Å². The highest BCUT2D eigenvalue weighted by molar-refractivity contribution is 6.00. The Bertz CT molecular complexity index is 1310. The Labute approximate surface area is 213 Å². The minimum Gasteiger partial charge on any atom is -0.462 e. The second-order valence-corrected chi connectivity index (χ2v) is 9.36. The SMILES string of the molecule is CCOC(=O)c1cccc(C2C[C@H](N[C@@H]3CCc4ccccc43)C(=O)N2c2ccc(C(F)(F)F)cc2)c1. The van der Waals surface area contributed by atoms with Crippen molar-refractivity contribution in [3.63, 3.8) is 0 Å². The third-order valence-electron chi connectivity index (χ3n) is 7.10. The highest BCUT2D eigenvalue weighted by Gasteiger charge is 2.43. The lowest BCUT2D eigenvalue weighted by atomic mass is 9.99. The molecule has 1 unspecified atom stereocenters. The molecule has 1 fully saturated rings. The van der Waals surface area contributed by atoms with Gasteiger partial charge < -0.3 is 9.64 Å². The predicted octanol–water partition coefficient (Wildman–Crippen LogP) is 6.01. The number of aryl methyl sites for hydroxylation is 1. The molecular weight excluding hydrogens is 481 g/mol. The molecule has 0 bridgehead atoms. The third kappa shape index (κ3) is 4.98. The number of fused-ring (bicyclic) bond motifs is 1. The summed E-state index contributed by atoms with van der Waals surface area (Å²) >= 11 is 0. The van der Waals surface area contributed by atoms with Gasteiger partial charge in [-0.25, -0.2) is 4.79 Å². The Hall–Kier alpha value is -3.65. The molecule has 5 nitrogen and oxygen atoms in total. The molecule has 3 aromatic carbocycles. The molecule has 0 spiro atoms. The summed E-state index contributed by atoms with van der Waals surface area (Å²) in [5.41, 5.74) is 3.10. The van der Waals surface area contributed by atoms with Crippen molar-refractivity contribution in [1.82, 2.24) is 5.32 Å². The van der Waals surface area contributed by atoms with Crippen molar-refractivity contribution in [3.8, 4) is 0 Å². The average Bonchev–Trinajstić information content (AvgIpc) is 3.45. The zero-order chi connectivity index (χ0) is 26.2. The summed E-state index contributed by atoms with van der Waals surface area (Å²) in [6.07, 6.45) is -2.28. The lowest BCUT2D eigenvalue weighted by Gasteiger charge is -2.26. The van der Waals surface area contributed by atoms with Crippen molar-refractivity contribution in [2.45, 2.75) is 50.5 Å². The average molecular weight is 509 g/mol. The van der Waals surface area contributed by atoms with E-state index in [2.05, 4.69) is 17.4 Å². The first-order valence-corrected chi connectivity index (χ1v) is 12.4. The summed E-state index contributed by atoms with van der Waals surface area (Å²) in [5.74, 6) is -0.678. The monoisotopic (exact) mass is 508 g/mol. The largest absolute Gasteiger partial charge is 0.462 e. The zero-order valence-electron chi connectivity index (χ0n) is 20.3. The minimum absolute atomic E-state index is 0.0178. The fourth-order valence-corrected chi connectivity index (χ4v) is 5.35. The summed E-state index contributed by atoms with van der Waals surface area (Å²) in [7, 11) is 0. The van der Waals surface area contributed by atoms with E-state index in [1.54, 1.807) is 30.0 Å². The van der Waals surface area contributed by atoms with Gasteiger partial charge in [-0.2, -0.15) is 13.2 Å². The third-order valence-corrected chi connectivity index (χ3v) is 7.10. The molecule has 1 aliphatic heterocycles. The Morgan fingerprint density at radius 3 is 2.51 bits per heavy atom. The van der Waals surface area contributed by atoms with Crippen LogP contribution in [0.25, 0.3) is 0 Å². The van der Waals surface area contributed by atoms with E-state index in [1.807, 2.05) is 18.2 Å². The molecule has 8 heteroatoms. The molecule has 1 aliphatic carbocycles. The number of rotatable bonds is 6.